The van der Waals surface area contributed by atoms with Crippen LogP contribution in [0.5, 0.6) is 0 Å². The lowest BCUT2D eigenvalue weighted by molar-refractivity contribution is 0.181. The number of rotatable bonds is 7. The summed E-state index contributed by atoms with van der Waals surface area (Å²) >= 11 is 0. The molecule has 0 bridgehead atoms. The van der Waals surface area contributed by atoms with E-state index in [1.165, 1.54) is 11.8 Å². The standard InChI is InChI=1S/C22H29FN4O/c1-3-24-22(25-14-17-9-10-21(23)18(13-17)16-28-2)26-19-11-12-27(15-19)20-7-5-4-6-8-20/h4-10,13,19H,3,11-12,14-16H2,1-2H3,(H2,24,25,26). The first-order valence-electron chi connectivity index (χ1n) is 9.80. The number of guanidine groups is 1. The molecule has 5 nitrogen and oxygen atoms in total. The van der Waals surface area contributed by atoms with Gasteiger partial charge in [-0.05, 0) is 43.2 Å². The minimum atomic E-state index is -0.244. The Morgan fingerprint density at radius 1 is 1.25 bits per heavy atom. The molecule has 6 heteroatoms. The Morgan fingerprint density at radius 3 is 2.82 bits per heavy atom. The first kappa shape index (κ1) is 20.1. The highest BCUT2D eigenvalue weighted by atomic mass is 19.1. The second kappa shape index (κ2) is 10.1. The van der Waals surface area contributed by atoms with Gasteiger partial charge >= 0.3 is 0 Å². The molecule has 3 rings (SSSR count). The smallest absolute Gasteiger partial charge is 0.191 e. The van der Waals surface area contributed by atoms with Gasteiger partial charge in [0.25, 0.3) is 0 Å². The van der Waals surface area contributed by atoms with Gasteiger partial charge in [-0.15, -0.1) is 0 Å². The van der Waals surface area contributed by atoms with Crippen molar-refractivity contribution in [2.75, 3.05) is 31.6 Å². The van der Waals surface area contributed by atoms with Crippen molar-refractivity contribution < 1.29 is 9.13 Å². The van der Waals surface area contributed by atoms with Gasteiger partial charge in [-0.1, -0.05) is 24.3 Å². The molecule has 0 saturated carbocycles. The molecule has 1 aliphatic heterocycles. The lowest BCUT2D eigenvalue weighted by Crippen LogP contribution is -2.44. The van der Waals surface area contributed by atoms with Crippen LogP contribution in [0, 0.1) is 5.82 Å². The Labute approximate surface area is 166 Å². The maximum absolute atomic E-state index is 13.8. The first-order valence-corrected chi connectivity index (χ1v) is 9.80. The van der Waals surface area contributed by atoms with E-state index in [1.807, 2.05) is 12.1 Å². The summed E-state index contributed by atoms with van der Waals surface area (Å²) in [5.41, 5.74) is 2.77. The van der Waals surface area contributed by atoms with Gasteiger partial charge in [0, 0.05) is 44.0 Å². The fourth-order valence-corrected chi connectivity index (χ4v) is 3.43. The van der Waals surface area contributed by atoms with Gasteiger partial charge in [-0.2, -0.15) is 0 Å². The number of aliphatic imine (C=N–C) groups is 1. The molecule has 0 spiro atoms. The normalized spacial score (nSPS) is 17.0. The molecule has 1 heterocycles. The molecule has 0 aromatic heterocycles. The number of anilines is 1. The first-order chi connectivity index (χ1) is 13.7. The van der Waals surface area contributed by atoms with E-state index in [1.54, 1.807) is 13.2 Å². The van der Waals surface area contributed by atoms with Crippen molar-refractivity contribution in [2.45, 2.75) is 32.5 Å². The molecule has 150 valence electrons. The molecule has 1 unspecified atom stereocenters. The summed E-state index contributed by atoms with van der Waals surface area (Å²) in [5, 5.41) is 6.84. The van der Waals surface area contributed by atoms with Gasteiger partial charge in [0.05, 0.1) is 13.2 Å². The fourth-order valence-electron chi connectivity index (χ4n) is 3.43. The monoisotopic (exact) mass is 384 g/mol. The van der Waals surface area contributed by atoms with E-state index in [-0.39, 0.29) is 12.4 Å². The van der Waals surface area contributed by atoms with Crippen LogP contribution in [0.2, 0.25) is 0 Å². The summed E-state index contributed by atoms with van der Waals surface area (Å²) in [6, 6.07) is 15.9. The highest BCUT2D eigenvalue weighted by Gasteiger charge is 2.23. The highest BCUT2D eigenvalue weighted by Crippen LogP contribution is 2.19. The Kier molecular flexibility index (Phi) is 7.25. The fraction of sp³-hybridized carbons (Fsp3) is 0.409. The average Bonchev–Trinajstić information content (AvgIpc) is 3.18. The molecule has 1 aliphatic rings. The molecular formula is C22H29FN4O. The van der Waals surface area contributed by atoms with Crippen molar-refractivity contribution in [1.82, 2.24) is 10.6 Å². The summed E-state index contributed by atoms with van der Waals surface area (Å²) < 4.78 is 18.8. The van der Waals surface area contributed by atoms with Crippen molar-refractivity contribution >= 4 is 11.6 Å². The van der Waals surface area contributed by atoms with E-state index in [4.69, 9.17) is 4.74 Å². The van der Waals surface area contributed by atoms with Crippen LogP contribution in [0.25, 0.3) is 0 Å². The maximum atomic E-state index is 13.8. The van der Waals surface area contributed by atoms with Gasteiger partial charge in [-0.25, -0.2) is 9.38 Å². The van der Waals surface area contributed by atoms with Crippen molar-refractivity contribution in [3.63, 3.8) is 0 Å². The Morgan fingerprint density at radius 2 is 2.07 bits per heavy atom. The van der Waals surface area contributed by atoms with E-state index >= 15 is 0 Å². The van der Waals surface area contributed by atoms with Crippen LogP contribution in [-0.4, -0.2) is 38.7 Å². The van der Waals surface area contributed by atoms with E-state index < -0.39 is 0 Å². The number of para-hydroxylation sites is 1. The zero-order chi connectivity index (χ0) is 19.8. The minimum absolute atomic E-state index is 0.244. The summed E-state index contributed by atoms with van der Waals surface area (Å²) in [6.45, 7) is 5.57. The minimum Gasteiger partial charge on any atom is -0.380 e. The molecule has 0 aliphatic carbocycles. The van der Waals surface area contributed by atoms with Gasteiger partial charge in [0.2, 0.25) is 0 Å². The largest absolute Gasteiger partial charge is 0.380 e. The van der Waals surface area contributed by atoms with Crippen LogP contribution in [0.3, 0.4) is 0 Å². The summed E-state index contributed by atoms with van der Waals surface area (Å²) in [5.74, 6) is 0.548. The van der Waals surface area contributed by atoms with Crippen LogP contribution in [0.15, 0.2) is 53.5 Å². The molecule has 0 radical (unpaired) electrons. The Hall–Kier alpha value is -2.60. The number of hydrogen-bond acceptors (Lipinski definition) is 3. The second-order valence-electron chi connectivity index (χ2n) is 6.97. The van der Waals surface area contributed by atoms with E-state index in [2.05, 4.69) is 51.7 Å². The molecule has 2 aromatic carbocycles. The van der Waals surface area contributed by atoms with Gasteiger partial charge in [0.1, 0.15) is 5.82 Å². The predicted octanol–water partition coefficient (Wildman–Crippen LogP) is 3.31. The number of nitrogens with one attached hydrogen (secondary N) is 2. The van der Waals surface area contributed by atoms with E-state index in [0.717, 1.165) is 37.6 Å². The Balaban J connectivity index is 1.61. The summed E-state index contributed by atoms with van der Waals surface area (Å²) in [4.78, 5) is 7.08. The number of nitrogens with zero attached hydrogens (tertiary/aromatic N) is 2. The van der Waals surface area contributed by atoms with Crippen LogP contribution < -0.4 is 15.5 Å². The van der Waals surface area contributed by atoms with Crippen molar-refractivity contribution in [1.29, 1.82) is 0 Å². The third kappa shape index (κ3) is 5.45. The number of ether oxygens (including phenoxy) is 1. The average molecular weight is 384 g/mol. The van der Waals surface area contributed by atoms with E-state index in [0.29, 0.717) is 18.2 Å². The molecule has 2 aromatic rings. The quantitative estimate of drug-likeness (QED) is 0.568. The number of hydrogen-bond donors (Lipinski definition) is 2. The maximum Gasteiger partial charge on any atom is 0.191 e. The number of methoxy groups -OCH3 is 1. The molecule has 1 saturated heterocycles. The highest BCUT2D eigenvalue weighted by molar-refractivity contribution is 5.80. The molecule has 2 N–H and O–H groups in total. The predicted molar refractivity (Wildman–Crippen MR) is 112 cm³/mol. The van der Waals surface area contributed by atoms with Crippen LogP contribution in [0.1, 0.15) is 24.5 Å². The number of halogens is 1. The molecule has 28 heavy (non-hydrogen) atoms. The zero-order valence-electron chi connectivity index (χ0n) is 16.6. The molecule has 1 fully saturated rings. The van der Waals surface area contributed by atoms with Gasteiger partial charge in [0.15, 0.2) is 5.96 Å². The molecule has 0 amide bonds. The van der Waals surface area contributed by atoms with Crippen molar-refractivity contribution in [2.24, 2.45) is 4.99 Å². The zero-order valence-corrected chi connectivity index (χ0v) is 16.6. The lowest BCUT2D eigenvalue weighted by Gasteiger charge is -2.20. The molecular weight excluding hydrogens is 355 g/mol. The van der Waals surface area contributed by atoms with E-state index in [9.17, 15) is 4.39 Å². The van der Waals surface area contributed by atoms with Crippen molar-refractivity contribution in [3.8, 4) is 0 Å². The number of benzene rings is 2. The van der Waals surface area contributed by atoms with Gasteiger partial charge in [-0.3, -0.25) is 0 Å². The van der Waals surface area contributed by atoms with Crippen LogP contribution in [0.4, 0.5) is 10.1 Å². The molecule has 1 atom stereocenters. The summed E-state index contributed by atoms with van der Waals surface area (Å²) in [6.07, 6.45) is 1.06. The second-order valence-corrected chi connectivity index (χ2v) is 6.97. The SMILES string of the molecule is CCNC(=NCc1ccc(F)c(COC)c1)NC1CCN(c2ccccc2)C1. The third-order valence-corrected chi connectivity index (χ3v) is 4.82. The van der Waals surface area contributed by atoms with Crippen LogP contribution >= 0.6 is 0 Å². The van der Waals surface area contributed by atoms with Gasteiger partial charge < -0.3 is 20.3 Å². The topological polar surface area (TPSA) is 48.9 Å². The van der Waals surface area contributed by atoms with Crippen LogP contribution in [-0.2, 0) is 17.9 Å². The lowest BCUT2D eigenvalue weighted by atomic mass is 10.1. The van der Waals surface area contributed by atoms with Crippen molar-refractivity contribution in [3.05, 3.63) is 65.5 Å². The Bertz CT molecular complexity index is 781. The third-order valence-electron chi connectivity index (χ3n) is 4.82. The summed E-state index contributed by atoms with van der Waals surface area (Å²) in [7, 11) is 1.57.